The fourth-order valence-electron chi connectivity index (χ4n) is 1.14. The van der Waals surface area contributed by atoms with Crippen molar-refractivity contribution in [1.29, 1.82) is 0 Å². The quantitative estimate of drug-likeness (QED) is 0.697. The molecule has 0 bridgehead atoms. The number of nitrogens with one attached hydrogen (secondary N) is 1. The normalized spacial score (nSPS) is 25.7. The van der Waals surface area contributed by atoms with Crippen molar-refractivity contribution < 1.29 is 23.1 Å². The number of hydrogen-bond acceptors (Lipinski definition) is 2. The van der Waals surface area contributed by atoms with E-state index in [4.69, 9.17) is 21.5 Å². The van der Waals surface area contributed by atoms with Gasteiger partial charge in [-0.3, -0.25) is 0 Å². The molecule has 1 aliphatic heterocycles. The molecule has 1 heterocycles. The van der Waals surface area contributed by atoms with Gasteiger partial charge in [0.05, 0.1) is 0 Å². The summed E-state index contributed by atoms with van der Waals surface area (Å²) >= 11 is 5.61. The van der Waals surface area contributed by atoms with E-state index >= 15 is 0 Å². The number of carboxylic acid groups (broad SMARTS) is 1. The van der Waals surface area contributed by atoms with Crippen LogP contribution in [0.4, 0.5) is 13.2 Å². The lowest BCUT2D eigenvalue weighted by molar-refractivity contribution is -0.192. The highest BCUT2D eigenvalue weighted by atomic mass is 35.5. The largest absolute Gasteiger partial charge is 0.490 e. The molecule has 1 saturated heterocycles. The molecule has 1 aliphatic rings. The Bertz CT molecular complexity index is 211. The molecule has 0 radical (unpaired) electrons. The molecule has 0 aromatic carbocycles. The molecule has 2 atom stereocenters. The Morgan fingerprint density at radius 3 is 2.13 bits per heavy atom. The SMILES string of the molecule is C[C@H]1CC[C@H](CCl)N1.O=C(O)C(F)(F)F. The maximum absolute atomic E-state index is 10.6. The minimum atomic E-state index is -5.08. The number of aliphatic carboxylic acids is 1. The fraction of sp³-hybridized carbons (Fsp3) is 0.875. The van der Waals surface area contributed by atoms with Crippen LogP contribution in [-0.4, -0.2) is 35.2 Å². The topological polar surface area (TPSA) is 49.3 Å². The number of carboxylic acids is 1. The van der Waals surface area contributed by atoms with Crippen LogP contribution in [0.15, 0.2) is 0 Å². The van der Waals surface area contributed by atoms with Crippen LogP contribution in [0.2, 0.25) is 0 Å². The number of halogens is 4. The van der Waals surface area contributed by atoms with Crippen LogP contribution in [0, 0.1) is 0 Å². The van der Waals surface area contributed by atoms with E-state index in [1.807, 2.05) is 0 Å². The molecular formula is C8H13ClF3NO2. The van der Waals surface area contributed by atoms with E-state index in [0.29, 0.717) is 12.1 Å². The Morgan fingerprint density at radius 2 is 2.00 bits per heavy atom. The summed E-state index contributed by atoms with van der Waals surface area (Å²) in [4.78, 5) is 8.90. The average molecular weight is 248 g/mol. The average Bonchev–Trinajstić information content (AvgIpc) is 2.50. The van der Waals surface area contributed by atoms with E-state index in [0.717, 1.165) is 5.88 Å². The molecule has 7 heteroatoms. The highest BCUT2D eigenvalue weighted by Gasteiger charge is 2.38. The zero-order chi connectivity index (χ0) is 12.1. The maximum atomic E-state index is 10.6. The smallest absolute Gasteiger partial charge is 0.475 e. The van der Waals surface area contributed by atoms with Crippen molar-refractivity contribution in [3.63, 3.8) is 0 Å². The van der Waals surface area contributed by atoms with Crippen LogP contribution >= 0.6 is 11.6 Å². The lowest BCUT2D eigenvalue weighted by Crippen LogP contribution is -2.28. The van der Waals surface area contributed by atoms with Crippen molar-refractivity contribution >= 4 is 17.6 Å². The molecule has 0 aliphatic carbocycles. The summed E-state index contributed by atoms with van der Waals surface area (Å²) < 4.78 is 31.7. The molecule has 15 heavy (non-hydrogen) atoms. The van der Waals surface area contributed by atoms with Crippen LogP contribution in [-0.2, 0) is 4.79 Å². The van der Waals surface area contributed by atoms with Gasteiger partial charge in [-0.25, -0.2) is 4.79 Å². The summed E-state index contributed by atoms with van der Waals surface area (Å²) in [5, 5.41) is 10.5. The van der Waals surface area contributed by atoms with Gasteiger partial charge in [0, 0.05) is 18.0 Å². The molecule has 0 saturated carbocycles. The number of alkyl halides is 4. The van der Waals surface area contributed by atoms with Gasteiger partial charge >= 0.3 is 12.1 Å². The van der Waals surface area contributed by atoms with E-state index < -0.39 is 12.1 Å². The van der Waals surface area contributed by atoms with E-state index in [-0.39, 0.29) is 0 Å². The molecule has 0 spiro atoms. The van der Waals surface area contributed by atoms with Crippen LogP contribution in [0.5, 0.6) is 0 Å². The van der Waals surface area contributed by atoms with E-state index in [1.54, 1.807) is 0 Å². The lowest BCUT2D eigenvalue weighted by Gasteiger charge is -2.05. The van der Waals surface area contributed by atoms with Gasteiger partial charge < -0.3 is 10.4 Å². The molecule has 0 unspecified atom stereocenters. The van der Waals surface area contributed by atoms with Gasteiger partial charge in [0.15, 0.2) is 0 Å². The van der Waals surface area contributed by atoms with Crippen molar-refractivity contribution in [1.82, 2.24) is 5.32 Å². The Morgan fingerprint density at radius 1 is 1.53 bits per heavy atom. The molecule has 1 rings (SSSR count). The molecule has 0 aromatic rings. The van der Waals surface area contributed by atoms with Crippen molar-refractivity contribution in [3.05, 3.63) is 0 Å². The molecule has 2 N–H and O–H groups in total. The van der Waals surface area contributed by atoms with Gasteiger partial charge in [-0.15, -0.1) is 11.6 Å². The molecule has 1 fully saturated rings. The van der Waals surface area contributed by atoms with Crippen molar-refractivity contribution in [2.75, 3.05) is 5.88 Å². The zero-order valence-corrected chi connectivity index (χ0v) is 8.90. The van der Waals surface area contributed by atoms with Crippen LogP contribution in [0.3, 0.4) is 0 Å². The summed E-state index contributed by atoms with van der Waals surface area (Å²) in [6.07, 6.45) is -2.54. The van der Waals surface area contributed by atoms with Crippen LogP contribution < -0.4 is 5.32 Å². The molecule has 3 nitrogen and oxygen atoms in total. The van der Waals surface area contributed by atoms with Crippen molar-refractivity contribution in [2.45, 2.75) is 38.0 Å². The lowest BCUT2D eigenvalue weighted by atomic mass is 10.2. The Labute approximate surface area is 90.6 Å². The second-order valence-electron chi connectivity index (χ2n) is 3.30. The summed E-state index contributed by atoms with van der Waals surface area (Å²) in [6, 6.07) is 1.28. The highest BCUT2D eigenvalue weighted by Crippen LogP contribution is 2.13. The Hall–Kier alpha value is -0.490. The van der Waals surface area contributed by atoms with Gasteiger partial charge in [-0.05, 0) is 19.8 Å². The van der Waals surface area contributed by atoms with E-state index in [9.17, 15) is 13.2 Å². The van der Waals surface area contributed by atoms with Gasteiger partial charge in [-0.1, -0.05) is 0 Å². The predicted molar refractivity (Wildman–Crippen MR) is 50.0 cm³/mol. The van der Waals surface area contributed by atoms with Gasteiger partial charge in [0.1, 0.15) is 0 Å². The molecule has 0 aromatic heterocycles. The summed E-state index contributed by atoms with van der Waals surface area (Å²) in [5.41, 5.74) is 0. The first-order chi connectivity index (χ1) is 6.77. The number of carbonyl (C=O) groups is 1. The van der Waals surface area contributed by atoms with Gasteiger partial charge in [0.2, 0.25) is 0 Å². The van der Waals surface area contributed by atoms with Crippen LogP contribution in [0.25, 0.3) is 0 Å². The first-order valence-electron chi connectivity index (χ1n) is 4.39. The second-order valence-corrected chi connectivity index (χ2v) is 3.61. The standard InChI is InChI=1S/C6H12ClN.C2HF3O2/c1-5-2-3-6(4-7)8-5;3-2(4,5)1(6)7/h5-6,8H,2-4H2,1H3;(H,6,7)/t5-,6+;/m0./s1. The third kappa shape index (κ3) is 6.57. The fourth-order valence-corrected chi connectivity index (χ4v) is 1.39. The van der Waals surface area contributed by atoms with Crippen molar-refractivity contribution in [2.24, 2.45) is 0 Å². The molecule has 90 valence electrons. The second kappa shape index (κ2) is 6.17. The third-order valence-electron chi connectivity index (χ3n) is 1.90. The van der Waals surface area contributed by atoms with Gasteiger partial charge in [-0.2, -0.15) is 13.2 Å². The maximum Gasteiger partial charge on any atom is 0.490 e. The Balaban J connectivity index is 0.000000265. The Kier molecular flexibility index (Phi) is 5.97. The zero-order valence-electron chi connectivity index (χ0n) is 8.14. The molecule has 0 amide bonds. The number of hydrogen-bond donors (Lipinski definition) is 2. The van der Waals surface area contributed by atoms with E-state index in [2.05, 4.69) is 12.2 Å². The monoisotopic (exact) mass is 247 g/mol. The van der Waals surface area contributed by atoms with Crippen LogP contribution in [0.1, 0.15) is 19.8 Å². The van der Waals surface area contributed by atoms with Crippen molar-refractivity contribution in [3.8, 4) is 0 Å². The van der Waals surface area contributed by atoms with E-state index in [1.165, 1.54) is 12.8 Å². The summed E-state index contributed by atoms with van der Waals surface area (Å²) in [5.74, 6) is -1.99. The molecular weight excluding hydrogens is 235 g/mol. The third-order valence-corrected chi connectivity index (χ3v) is 2.27. The minimum absolute atomic E-state index is 0.590. The summed E-state index contributed by atoms with van der Waals surface area (Å²) in [7, 11) is 0. The summed E-state index contributed by atoms with van der Waals surface area (Å²) in [6.45, 7) is 2.20. The first kappa shape index (κ1) is 14.5. The number of rotatable bonds is 1. The minimum Gasteiger partial charge on any atom is -0.475 e. The van der Waals surface area contributed by atoms with Gasteiger partial charge in [0.25, 0.3) is 0 Å². The predicted octanol–water partition coefficient (Wildman–Crippen LogP) is 2.00. The first-order valence-corrected chi connectivity index (χ1v) is 4.93. The highest BCUT2D eigenvalue weighted by molar-refractivity contribution is 6.18.